The van der Waals surface area contributed by atoms with Crippen molar-refractivity contribution in [3.63, 3.8) is 0 Å². The molecule has 0 aliphatic carbocycles. The van der Waals surface area contributed by atoms with E-state index in [0.29, 0.717) is 22.9 Å². The van der Waals surface area contributed by atoms with Crippen molar-refractivity contribution in [3.05, 3.63) is 84.3 Å². The van der Waals surface area contributed by atoms with Crippen molar-refractivity contribution in [1.29, 1.82) is 0 Å². The number of rotatable bonds is 8. The molecular formula is C23H19F2N3O5S. The lowest BCUT2D eigenvalue weighted by Crippen LogP contribution is -2.14. The Morgan fingerprint density at radius 2 is 1.85 bits per heavy atom. The maximum Gasteiger partial charge on any atom is 0.341 e. The van der Waals surface area contributed by atoms with E-state index in [4.69, 9.17) is 9.47 Å². The highest BCUT2D eigenvalue weighted by atomic mass is 32.2. The topological polar surface area (TPSA) is 99.0 Å². The Kier molecular flexibility index (Phi) is 6.46. The second kappa shape index (κ2) is 9.48. The average Bonchev–Trinajstić information content (AvgIpc) is 3.26. The largest absolute Gasteiger partial charge is 0.493 e. The summed E-state index contributed by atoms with van der Waals surface area (Å²) in [6.07, 6.45) is 3.71. The van der Waals surface area contributed by atoms with Crippen LogP contribution in [0.5, 0.6) is 11.5 Å². The number of fused-ring (bicyclic) bond motifs is 1. The molecule has 1 amide bonds. The third kappa shape index (κ3) is 4.84. The highest BCUT2D eigenvalue weighted by Crippen LogP contribution is 2.31. The van der Waals surface area contributed by atoms with Gasteiger partial charge in [-0.2, -0.15) is 8.78 Å². The Bertz CT molecular complexity index is 1400. The molecule has 0 spiro atoms. The molecule has 2 aromatic heterocycles. The minimum Gasteiger partial charge on any atom is -0.493 e. The van der Waals surface area contributed by atoms with E-state index < -0.39 is 26.4 Å². The second-order valence-corrected chi connectivity index (χ2v) is 9.05. The summed E-state index contributed by atoms with van der Waals surface area (Å²) in [4.78, 5) is 16.5. The fourth-order valence-corrected chi connectivity index (χ4v) is 3.90. The summed E-state index contributed by atoms with van der Waals surface area (Å²) >= 11 is 0. The molecule has 0 atom stereocenters. The Morgan fingerprint density at radius 3 is 2.53 bits per heavy atom. The third-order valence-corrected chi connectivity index (χ3v) is 6.29. The summed E-state index contributed by atoms with van der Waals surface area (Å²) in [5.41, 5.74) is 1.96. The zero-order valence-electron chi connectivity index (χ0n) is 17.8. The average molecular weight is 487 g/mol. The van der Waals surface area contributed by atoms with Crippen LogP contribution in [0.15, 0.2) is 78.0 Å². The van der Waals surface area contributed by atoms with Gasteiger partial charge in [0.1, 0.15) is 12.3 Å². The zero-order valence-corrected chi connectivity index (χ0v) is 18.6. The molecule has 4 rings (SSSR count). The van der Waals surface area contributed by atoms with Crippen molar-refractivity contribution < 1.29 is 31.5 Å². The lowest BCUT2D eigenvalue weighted by atomic mass is 10.2. The van der Waals surface area contributed by atoms with Gasteiger partial charge in [-0.3, -0.25) is 4.79 Å². The van der Waals surface area contributed by atoms with Crippen molar-refractivity contribution in [2.24, 2.45) is 0 Å². The Balaban J connectivity index is 1.48. The number of nitrogens with zero attached hydrogens (tertiary/aromatic N) is 2. The van der Waals surface area contributed by atoms with Gasteiger partial charge in [-0.25, -0.2) is 13.4 Å². The number of anilines is 1. The predicted molar refractivity (Wildman–Crippen MR) is 120 cm³/mol. The number of amides is 1. The van der Waals surface area contributed by atoms with Crippen LogP contribution in [-0.4, -0.2) is 36.6 Å². The molecule has 1 N–H and O–H groups in total. The number of hydrogen-bond acceptors (Lipinski definition) is 6. The smallest absolute Gasteiger partial charge is 0.341 e. The van der Waals surface area contributed by atoms with Gasteiger partial charge >= 0.3 is 5.76 Å². The minimum atomic E-state index is -4.73. The number of halogens is 2. The first-order valence-electron chi connectivity index (χ1n) is 9.95. The molecule has 0 bridgehead atoms. The van der Waals surface area contributed by atoms with E-state index in [1.807, 2.05) is 35.0 Å². The van der Waals surface area contributed by atoms with E-state index in [2.05, 4.69) is 10.3 Å². The van der Waals surface area contributed by atoms with Gasteiger partial charge in [0.2, 0.25) is 9.84 Å². The van der Waals surface area contributed by atoms with Gasteiger partial charge in [-0.15, -0.1) is 0 Å². The summed E-state index contributed by atoms with van der Waals surface area (Å²) in [6, 6.07) is 14.7. The van der Waals surface area contributed by atoms with Crippen molar-refractivity contribution in [3.8, 4) is 11.5 Å². The van der Waals surface area contributed by atoms with Crippen LogP contribution in [0.25, 0.3) is 5.65 Å². The van der Waals surface area contributed by atoms with Crippen LogP contribution in [0, 0.1) is 0 Å². The molecule has 2 heterocycles. The Labute approximate surface area is 193 Å². The van der Waals surface area contributed by atoms with Crippen molar-refractivity contribution in [2.45, 2.75) is 17.3 Å². The van der Waals surface area contributed by atoms with Crippen LogP contribution in [0.4, 0.5) is 14.5 Å². The van der Waals surface area contributed by atoms with E-state index in [1.165, 1.54) is 7.11 Å². The van der Waals surface area contributed by atoms with Gasteiger partial charge < -0.3 is 19.2 Å². The Hall–Kier alpha value is -3.99. The van der Waals surface area contributed by atoms with E-state index in [1.54, 1.807) is 18.2 Å². The Morgan fingerprint density at radius 1 is 1.09 bits per heavy atom. The normalized spacial score (nSPS) is 11.5. The fraction of sp³-hybridized carbons (Fsp3) is 0.130. The number of methoxy groups -OCH3 is 1. The SMILES string of the molecule is COc1ccc(NC(=O)c2ccc(S(=O)(=O)C(F)F)cc2)cc1OCc1cn2ccccc2n1. The summed E-state index contributed by atoms with van der Waals surface area (Å²) in [7, 11) is -3.25. The predicted octanol–water partition coefficient (Wildman–Crippen LogP) is 4.17. The van der Waals surface area contributed by atoms with Gasteiger partial charge in [0.15, 0.2) is 11.5 Å². The van der Waals surface area contributed by atoms with Crippen LogP contribution in [0.1, 0.15) is 16.1 Å². The number of imidazole rings is 1. The van der Waals surface area contributed by atoms with E-state index in [0.717, 1.165) is 29.9 Å². The first kappa shape index (κ1) is 23.2. The number of carbonyl (C=O) groups is 1. The van der Waals surface area contributed by atoms with Crippen molar-refractivity contribution in [2.75, 3.05) is 12.4 Å². The standard InChI is InChI=1S/C23H19F2N3O5S/c1-32-19-10-7-16(12-20(19)33-14-17-13-28-11-3-2-4-21(28)26-17)27-22(29)15-5-8-18(9-6-15)34(30,31)23(24)25/h2-13,23H,14H2,1H3,(H,27,29). The number of alkyl halides is 2. The molecule has 0 aliphatic rings. The molecule has 2 aromatic carbocycles. The van der Waals surface area contributed by atoms with Gasteiger partial charge in [0.05, 0.1) is 17.7 Å². The number of pyridine rings is 1. The quantitative estimate of drug-likeness (QED) is 0.401. The molecule has 4 aromatic rings. The molecule has 176 valence electrons. The summed E-state index contributed by atoms with van der Waals surface area (Å²) in [5, 5.41) is 2.66. The van der Waals surface area contributed by atoms with Crippen molar-refractivity contribution >= 4 is 27.1 Å². The minimum absolute atomic E-state index is 0.0937. The van der Waals surface area contributed by atoms with Crippen molar-refractivity contribution in [1.82, 2.24) is 9.38 Å². The second-order valence-electron chi connectivity index (χ2n) is 7.14. The van der Waals surface area contributed by atoms with Crippen LogP contribution in [-0.2, 0) is 16.4 Å². The molecule has 34 heavy (non-hydrogen) atoms. The number of ether oxygens (including phenoxy) is 2. The van der Waals surface area contributed by atoms with Crippen LogP contribution < -0.4 is 14.8 Å². The van der Waals surface area contributed by atoms with Gasteiger partial charge in [-0.05, 0) is 48.5 Å². The first-order chi connectivity index (χ1) is 16.3. The molecule has 0 saturated heterocycles. The molecule has 0 saturated carbocycles. The maximum atomic E-state index is 12.7. The van der Waals surface area contributed by atoms with Gasteiger partial charge in [-0.1, -0.05) is 6.07 Å². The van der Waals surface area contributed by atoms with Gasteiger partial charge in [0.25, 0.3) is 5.91 Å². The van der Waals surface area contributed by atoms with Crippen LogP contribution >= 0.6 is 0 Å². The first-order valence-corrected chi connectivity index (χ1v) is 11.5. The number of carbonyl (C=O) groups excluding carboxylic acids is 1. The highest BCUT2D eigenvalue weighted by Gasteiger charge is 2.26. The molecular weight excluding hydrogens is 468 g/mol. The number of sulfone groups is 1. The summed E-state index contributed by atoms with van der Waals surface area (Å²) in [5.74, 6) is -3.28. The summed E-state index contributed by atoms with van der Waals surface area (Å²) < 4.78 is 61.5. The summed E-state index contributed by atoms with van der Waals surface area (Å²) in [6.45, 7) is 0.162. The number of aromatic nitrogens is 2. The molecule has 0 unspecified atom stereocenters. The van der Waals surface area contributed by atoms with Crippen LogP contribution in [0.2, 0.25) is 0 Å². The lowest BCUT2D eigenvalue weighted by Gasteiger charge is -2.12. The molecule has 0 radical (unpaired) electrons. The molecule has 0 aliphatic heterocycles. The number of benzene rings is 2. The van der Waals surface area contributed by atoms with E-state index >= 15 is 0 Å². The molecule has 8 nitrogen and oxygen atoms in total. The number of nitrogens with one attached hydrogen (secondary N) is 1. The number of hydrogen-bond donors (Lipinski definition) is 1. The zero-order chi connectivity index (χ0) is 24.3. The maximum absolute atomic E-state index is 12.7. The molecule has 11 heteroatoms. The molecule has 0 fully saturated rings. The lowest BCUT2D eigenvalue weighted by molar-refractivity contribution is 0.102. The van der Waals surface area contributed by atoms with Gasteiger partial charge in [0, 0.05) is 29.7 Å². The van der Waals surface area contributed by atoms with E-state index in [9.17, 15) is 22.0 Å². The monoisotopic (exact) mass is 487 g/mol. The highest BCUT2D eigenvalue weighted by molar-refractivity contribution is 7.91. The fourth-order valence-electron chi connectivity index (χ4n) is 3.18. The van der Waals surface area contributed by atoms with E-state index in [-0.39, 0.29) is 12.2 Å². The third-order valence-electron chi connectivity index (χ3n) is 4.89. The van der Waals surface area contributed by atoms with Crippen LogP contribution in [0.3, 0.4) is 0 Å².